The second-order valence-electron chi connectivity index (χ2n) is 7.05. The van der Waals surface area contributed by atoms with Gasteiger partial charge in [-0.25, -0.2) is 4.98 Å². The molecule has 3 aromatic heterocycles. The summed E-state index contributed by atoms with van der Waals surface area (Å²) in [6.07, 6.45) is 3.36. The number of ether oxygens (including phenoxy) is 1. The van der Waals surface area contributed by atoms with Crippen LogP contribution in [0.4, 0.5) is 10.8 Å². The first kappa shape index (κ1) is 20.7. The van der Waals surface area contributed by atoms with Crippen LogP contribution < -0.4 is 20.4 Å². The van der Waals surface area contributed by atoms with Gasteiger partial charge in [0.2, 0.25) is 0 Å². The second kappa shape index (κ2) is 9.06. The SMILES string of the molecule is COc1ccccc1[C@@H](Nc1cccc[nH+]1)c1c(NC(=O)c2ccco2)sc(C)c1C. The minimum absolute atomic E-state index is 0.258. The lowest BCUT2D eigenvalue weighted by atomic mass is 9.95. The van der Waals surface area contributed by atoms with Crippen molar-refractivity contribution in [3.63, 3.8) is 0 Å². The van der Waals surface area contributed by atoms with Gasteiger partial charge in [0.15, 0.2) is 11.8 Å². The molecule has 0 bridgehead atoms. The zero-order valence-corrected chi connectivity index (χ0v) is 18.4. The smallest absolute Gasteiger partial charge is 0.291 e. The number of hydrogen-bond donors (Lipinski definition) is 2. The Morgan fingerprint density at radius 3 is 2.61 bits per heavy atom. The van der Waals surface area contributed by atoms with Crippen molar-refractivity contribution >= 4 is 28.1 Å². The lowest BCUT2D eigenvalue weighted by molar-refractivity contribution is -0.361. The number of carbonyl (C=O) groups is 1. The van der Waals surface area contributed by atoms with Crippen molar-refractivity contribution in [2.24, 2.45) is 0 Å². The first-order valence-corrected chi connectivity index (χ1v) is 10.7. The maximum absolute atomic E-state index is 12.7. The Labute approximate surface area is 184 Å². The van der Waals surface area contributed by atoms with E-state index >= 15 is 0 Å². The first-order valence-electron chi connectivity index (χ1n) is 9.89. The molecule has 3 heterocycles. The topological polar surface area (TPSA) is 77.6 Å². The molecular formula is C24H24N3O3S+. The van der Waals surface area contributed by atoms with Crippen molar-refractivity contribution < 1.29 is 18.9 Å². The molecule has 4 aromatic rings. The molecule has 0 unspecified atom stereocenters. The Hall–Kier alpha value is -3.58. The summed E-state index contributed by atoms with van der Waals surface area (Å²) in [6.45, 7) is 4.13. The molecule has 31 heavy (non-hydrogen) atoms. The number of rotatable bonds is 7. The molecule has 3 N–H and O–H groups in total. The molecule has 0 aliphatic heterocycles. The van der Waals surface area contributed by atoms with Gasteiger partial charge in [-0.05, 0) is 43.7 Å². The third kappa shape index (κ3) is 4.32. The lowest BCUT2D eigenvalue weighted by Gasteiger charge is -2.20. The number of benzene rings is 1. The summed E-state index contributed by atoms with van der Waals surface area (Å²) >= 11 is 1.55. The Balaban J connectivity index is 1.82. The molecule has 6 nitrogen and oxygen atoms in total. The highest BCUT2D eigenvalue weighted by molar-refractivity contribution is 7.16. The summed E-state index contributed by atoms with van der Waals surface area (Å²) in [6, 6.07) is 16.9. The van der Waals surface area contributed by atoms with E-state index in [0.717, 1.165) is 38.1 Å². The van der Waals surface area contributed by atoms with E-state index in [0.29, 0.717) is 0 Å². The highest BCUT2D eigenvalue weighted by Crippen LogP contribution is 2.42. The predicted octanol–water partition coefficient (Wildman–Crippen LogP) is 5.23. The van der Waals surface area contributed by atoms with Crippen molar-refractivity contribution in [1.29, 1.82) is 0 Å². The van der Waals surface area contributed by atoms with E-state index in [1.807, 2.05) is 48.7 Å². The number of nitrogens with one attached hydrogen (secondary N) is 3. The van der Waals surface area contributed by atoms with E-state index in [1.54, 1.807) is 30.6 Å². The summed E-state index contributed by atoms with van der Waals surface area (Å²) in [5.74, 6) is 1.61. The largest absolute Gasteiger partial charge is 0.496 e. The highest BCUT2D eigenvalue weighted by atomic mass is 32.1. The Kier molecular flexibility index (Phi) is 6.04. The van der Waals surface area contributed by atoms with Crippen LogP contribution in [0.3, 0.4) is 0 Å². The number of hydrogen-bond acceptors (Lipinski definition) is 5. The van der Waals surface area contributed by atoms with Crippen LogP contribution in [0.15, 0.2) is 71.5 Å². The number of para-hydroxylation sites is 1. The number of carbonyl (C=O) groups excluding carboxylic acids is 1. The quantitative estimate of drug-likeness (QED) is 0.417. The van der Waals surface area contributed by atoms with Crippen LogP contribution in [-0.4, -0.2) is 13.0 Å². The molecule has 0 spiro atoms. The maximum Gasteiger partial charge on any atom is 0.291 e. The van der Waals surface area contributed by atoms with Crippen LogP contribution in [0.2, 0.25) is 0 Å². The fourth-order valence-electron chi connectivity index (χ4n) is 3.51. The number of amides is 1. The van der Waals surface area contributed by atoms with Crippen molar-refractivity contribution in [2.75, 3.05) is 17.7 Å². The van der Waals surface area contributed by atoms with E-state index in [-0.39, 0.29) is 17.7 Å². The van der Waals surface area contributed by atoms with Crippen LogP contribution in [0.5, 0.6) is 5.75 Å². The van der Waals surface area contributed by atoms with Gasteiger partial charge in [-0.1, -0.05) is 24.3 Å². The van der Waals surface area contributed by atoms with Gasteiger partial charge in [-0.15, -0.1) is 11.3 Å². The maximum atomic E-state index is 12.7. The van der Waals surface area contributed by atoms with E-state index in [4.69, 9.17) is 9.15 Å². The standard InChI is InChI=1S/C24H23N3O3S/c1-15-16(2)31-24(27-23(28)19-11-8-14-30-19)21(15)22(26-20-12-6-7-13-25-20)17-9-4-5-10-18(17)29-3/h4-14,22H,1-3H3,(H,25,26)(H,27,28)/p+1/t22-/m1/s1. The van der Waals surface area contributed by atoms with E-state index in [2.05, 4.69) is 29.5 Å². The zero-order chi connectivity index (χ0) is 21.8. The van der Waals surface area contributed by atoms with Gasteiger partial charge in [0, 0.05) is 22.1 Å². The Morgan fingerprint density at radius 2 is 1.90 bits per heavy atom. The average molecular weight is 435 g/mol. The molecule has 1 aromatic carbocycles. The normalized spacial score (nSPS) is 11.7. The van der Waals surface area contributed by atoms with Crippen molar-refractivity contribution in [1.82, 2.24) is 0 Å². The Morgan fingerprint density at radius 1 is 1.10 bits per heavy atom. The fraction of sp³-hybridized carbons (Fsp3) is 0.167. The van der Waals surface area contributed by atoms with Gasteiger partial charge in [0.25, 0.3) is 11.7 Å². The third-order valence-electron chi connectivity index (χ3n) is 5.15. The van der Waals surface area contributed by atoms with Gasteiger partial charge < -0.3 is 14.5 Å². The van der Waals surface area contributed by atoms with Crippen LogP contribution in [0.25, 0.3) is 0 Å². The number of furan rings is 1. The van der Waals surface area contributed by atoms with Crippen LogP contribution in [0.1, 0.15) is 38.2 Å². The molecule has 0 saturated heterocycles. The third-order valence-corrected chi connectivity index (χ3v) is 6.29. The summed E-state index contributed by atoms with van der Waals surface area (Å²) in [5, 5.41) is 7.40. The average Bonchev–Trinajstić information content (AvgIpc) is 3.42. The first-order chi connectivity index (χ1) is 15.1. The minimum atomic E-state index is -0.280. The van der Waals surface area contributed by atoms with Crippen molar-refractivity contribution in [3.05, 3.63) is 94.4 Å². The van der Waals surface area contributed by atoms with Gasteiger partial charge in [-0.3, -0.25) is 10.1 Å². The number of methoxy groups -OCH3 is 1. The number of pyridine rings is 1. The molecule has 0 radical (unpaired) electrons. The monoisotopic (exact) mass is 434 g/mol. The molecule has 1 atom stereocenters. The van der Waals surface area contributed by atoms with Crippen LogP contribution in [0, 0.1) is 13.8 Å². The molecule has 0 fully saturated rings. The summed E-state index contributed by atoms with van der Waals surface area (Å²) in [4.78, 5) is 17.1. The van der Waals surface area contributed by atoms with Gasteiger partial charge >= 0.3 is 0 Å². The lowest BCUT2D eigenvalue weighted by Crippen LogP contribution is -2.21. The van der Waals surface area contributed by atoms with Crippen LogP contribution in [-0.2, 0) is 0 Å². The minimum Gasteiger partial charge on any atom is -0.496 e. The number of thiophene rings is 1. The molecule has 0 aliphatic rings. The second-order valence-corrected chi connectivity index (χ2v) is 8.28. The Bertz CT molecular complexity index is 1170. The molecule has 0 aliphatic carbocycles. The molecular weight excluding hydrogens is 410 g/mol. The van der Waals surface area contributed by atoms with E-state index in [1.165, 1.54) is 6.26 Å². The van der Waals surface area contributed by atoms with E-state index in [9.17, 15) is 4.79 Å². The van der Waals surface area contributed by atoms with Crippen molar-refractivity contribution in [2.45, 2.75) is 19.9 Å². The van der Waals surface area contributed by atoms with Gasteiger partial charge in [0.05, 0.1) is 19.6 Å². The number of aryl methyl sites for hydroxylation is 1. The molecule has 158 valence electrons. The molecule has 0 saturated carbocycles. The number of anilines is 2. The number of aromatic amines is 1. The van der Waals surface area contributed by atoms with Gasteiger partial charge in [-0.2, -0.15) is 0 Å². The predicted molar refractivity (Wildman–Crippen MR) is 122 cm³/mol. The summed E-state index contributed by atoms with van der Waals surface area (Å²) in [7, 11) is 1.66. The summed E-state index contributed by atoms with van der Waals surface area (Å²) < 4.78 is 10.9. The molecule has 1 amide bonds. The fourth-order valence-corrected chi connectivity index (χ4v) is 4.60. The highest BCUT2D eigenvalue weighted by Gasteiger charge is 2.30. The van der Waals surface area contributed by atoms with E-state index < -0.39 is 0 Å². The number of aromatic nitrogens is 1. The number of H-pyrrole nitrogens is 1. The van der Waals surface area contributed by atoms with Gasteiger partial charge in [0.1, 0.15) is 10.8 Å². The van der Waals surface area contributed by atoms with Crippen molar-refractivity contribution in [3.8, 4) is 5.75 Å². The van der Waals surface area contributed by atoms with Crippen LogP contribution >= 0.6 is 11.3 Å². The molecule has 4 rings (SSSR count). The molecule has 7 heteroatoms. The zero-order valence-electron chi connectivity index (χ0n) is 17.6. The summed E-state index contributed by atoms with van der Waals surface area (Å²) in [5.41, 5.74) is 3.07.